The molecule has 0 atom stereocenters. The summed E-state index contributed by atoms with van der Waals surface area (Å²) in [7, 11) is 0. The average molecular weight is 200 g/mol. The quantitative estimate of drug-likeness (QED) is 0.562. The minimum Gasteiger partial charge on any atom is -0.325 e. The van der Waals surface area contributed by atoms with Gasteiger partial charge in [0.25, 0.3) is 0 Å². The largest absolute Gasteiger partial charge is 0.325 e. The summed E-state index contributed by atoms with van der Waals surface area (Å²) in [6.45, 7) is 8.82. The van der Waals surface area contributed by atoms with Crippen LogP contribution in [-0.4, -0.2) is 18.6 Å². The van der Waals surface area contributed by atoms with E-state index < -0.39 is 0 Å². The van der Waals surface area contributed by atoms with E-state index in [9.17, 15) is 0 Å². The summed E-state index contributed by atoms with van der Waals surface area (Å²) >= 11 is 0. The Labute approximate surface area is 89.6 Å². The van der Waals surface area contributed by atoms with E-state index in [2.05, 4.69) is 26.1 Å². The first-order chi connectivity index (χ1) is 6.68. The Kier molecular flexibility index (Phi) is 8.20. The van der Waals surface area contributed by atoms with Crippen molar-refractivity contribution in [3.63, 3.8) is 0 Å². The maximum absolute atomic E-state index is 6.20. The summed E-state index contributed by atoms with van der Waals surface area (Å²) in [5, 5.41) is 3.46. The van der Waals surface area contributed by atoms with Gasteiger partial charge in [-0.3, -0.25) is 0 Å². The maximum atomic E-state index is 6.20. The van der Waals surface area contributed by atoms with Gasteiger partial charge in [0, 0.05) is 5.54 Å². The third kappa shape index (κ3) is 6.39. The summed E-state index contributed by atoms with van der Waals surface area (Å²) in [5.74, 6) is 0. The minimum atomic E-state index is 0.0672. The topological polar surface area (TPSA) is 38.0 Å². The molecular weight excluding hydrogens is 172 g/mol. The predicted octanol–water partition coefficient (Wildman–Crippen LogP) is 2.67. The Balaban J connectivity index is 3.34. The van der Waals surface area contributed by atoms with Gasteiger partial charge in [0.15, 0.2) is 0 Å². The van der Waals surface area contributed by atoms with E-state index in [1.54, 1.807) is 0 Å². The zero-order chi connectivity index (χ0) is 10.9. The molecule has 0 aromatic heterocycles. The van der Waals surface area contributed by atoms with Gasteiger partial charge in [-0.1, -0.05) is 33.6 Å². The Bertz CT molecular complexity index is 119. The summed E-state index contributed by atoms with van der Waals surface area (Å²) in [6, 6.07) is 0. The molecule has 0 amide bonds. The van der Waals surface area contributed by atoms with Crippen molar-refractivity contribution in [3.8, 4) is 0 Å². The Morgan fingerprint density at radius 3 is 2.14 bits per heavy atom. The lowest BCUT2D eigenvalue weighted by Crippen LogP contribution is -2.41. The first kappa shape index (κ1) is 13.9. The SMILES string of the molecule is CCCCCNCCC(N)(CC)CC. The second-order valence-electron chi connectivity index (χ2n) is 4.28. The molecule has 0 heterocycles. The summed E-state index contributed by atoms with van der Waals surface area (Å²) < 4.78 is 0. The van der Waals surface area contributed by atoms with Gasteiger partial charge in [-0.2, -0.15) is 0 Å². The van der Waals surface area contributed by atoms with Crippen LogP contribution in [0.25, 0.3) is 0 Å². The molecule has 0 rings (SSSR count). The standard InChI is InChI=1S/C12H28N2/c1-4-7-8-10-14-11-9-12(13,5-2)6-3/h14H,4-11,13H2,1-3H3. The van der Waals surface area contributed by atoms with Crippen molar-refractivity contribution in [1.82, 2.24) is 5.32 Å². The second kappa shape index (κ2) is 8.25. The lowest BCUT2D eigenvalue weighted by atomic mass is 9.90. The molecule has 0 aliphatic rings. The third-order valence-corrected chi connectivity index (χ3v) is 3.17. The molecule has 0 aromatic carbocycles. The molecule has 2 heteroatoms. The molecule has 0 fully saturated rings. The lowest BCUT2D eigenvalue weighted by Gasteiger charge is -2.26. The molecule has 2 nitrogen and oxygen atoms in total. The highest BCUT2D eigenvalue weighted by Crippen LogP contribution is 2.14. The number of unbranched alkanes of at least 4 members (excludes halogenated alkanes) is 2. The maximum Gasteiger partial charge on any atom is 0.0161 e. The van der Waals surface area contributed by atoms with Gasteiger partial charge in [0.1, 0.15) is 0 Å². The van der Waals surface area contributed by atoms with Crippen LogP contribution in [-0.2, 0) is 0 Å². The van der Waals surface area contributed by atoms with E-state index in [4.69, 9.17) is 5.73 Å². The van der Waals surface area contributed by atoms with Gasteiger partial charge in [-0.05, 0) is 38.8 Å². The van der Waals surface area contributed by atoms with E-state index in [-0.39, 0.29) is 5.54 Å². The molecule has 86 valence electrons. The first-order valence-electron chi connectivity index (χ1n) is 6.18. The highest BCUT2D eigenvalue weighted by Gasteiger charge is 2.18. The van der Waals surface area contributed by atoms with E-state index >= 15 is 0 Å². The Morgan fingerprint density at radius 1 is 1.00 bits per heavy atom. The molecular formula is C12H28N2. The molecule has 0 aromatic rings. The Morgan fingerprint density at radius 2 is 1.64 bits per heavy atom. The number of hydrogen-bond acceptors (Lipinski definition) is 2. The van der Waals surface area contributed by atoms with Crippen molar-refractivity contribution in [2.24, 2.45) is 5.73 Å². The summed E-state index contributed by atoms with van der Waals surface area (Å²) in [6.07, 6.45) is 7.20. The van der Waals surface area contributed by atoms with Gasteiger partial charge in [-0.15, -0.1) is 0 Å². The van der Waals surface area contributed by atoms with E-state index in [0.717, 1.165) is 32.4 Å². The minimum absolute atomic E-state index is 0.0672. The Hall–Kier alpha value is -0.0800. The van der Waals surface area contributed by atoms with Crippen LogP contribution in [0.1, 0.15) is 59.3 Å². The molecule has 0 unspecified atom stereocenters. The van der Waals surface area contributed by atoms with Crippen LogP contribution in [0.3, 0.4) is 0 Å². The highest BCUT2D eigenvalue weighted by molar-refractivity contribution is 4.81. The molecule has 14 heavy (non-hydrogen) atoms. The number of hydrogen-bond donors (Lipinski definition) is 2. The summed E-state index contributed by atoms with van der Waals surface area (Å²) in [5.41, 5.74) is 6.26. The molecule has 0 aliphatic heterocycles. The lowest BCUT2D eigenvalue weighted by molar-refractivity contribution is 0.358. The van der Waals surface area contributed by atoms with E-state index in [1.807, 2.05) is 0 Å². The van der Waals surface area contributed by atoms with Gasteiger partial charge < -0.3 is 11.1 Å². The van der Waals surface area contributed by atoms with Crippen molar-refractivity contribution in [3.05, 3.63) is 0 Å². The smallest absolute Gasteiger partial charge is 0.0161 e. The zero-order valence-corrected chi connectivity index (χ0v) is 10.2. The van der Waals surface area contributed by atoms with Crippen molar-refractivity contribution >= 4 is 0 Å². The molecule has 0 aliphatic carbocycles. The first-order valence-corrected chi connectivity index (χ1v) is 6.18. The fraction of sp³-hybridized carbons (Fsp3) is 1.00. The van der Waals surface area contributed by atoms with Gasteiger partial charge in [-0.25, -0.2) is 0 Å². The van der Waals surface area contributed by atoms with Crippen LogP contribution in [0.5, 0.6) is 0 Å². The molecule has 0 saturated heterocycles. The molecule has 3 N–H and O–H groups in total. The molecule has 0 saturated carbocycles. The number of rotatable bonds is 9. The van der Waals surface area contributed by atoms with Crippen molar-refractivity contribution in [1.29, 1.82) is 0 Å². The third-order valence-electron chi connectivity index (χ3n) is 3.17. The number of nitrogens with one attached hydrogen (secondary N) is 1. The number of nitrogens with two attached hydrogens (primary N) is 1. The van der Waals surface area contributed by atoms with E-state index in [0.29, 0.717) is 0 Å². The van der Waals surface area contributed by atoms with Crippen LogP contribution in [0, 0.1) is 0 Å². The van der Waals surface area contributed by atoms with E-state index in [1.165, 1.54) is 19.3 Å². The fourth-order valence-corrected chi connectivity index (χ4v) is 1.57. The van der Waals surface area contributed by atoms with Crippen LogP contribution in [0.4, 0.5) is 0 Å². The van der Waals surface area contributed by atoms with Crippen molar-refractivity contribution in [2.75, 3.05) is 13.1 Å². The predicted molar refractivity (Wildman–Crippen MR) is 64.5 cm³/mol. The average Bonchev–Trinajstić information content (AvgIpc) is 2.23. The van der Waals surface area contributed by atoms with Gasteiger partial charge in [0.05, 0.1) is 0 Å². The van der Waals surface area contributed by atoms with Crippen LogP contribution < -0.4 is 11.1 Å². The normalized spacial score (nSPS) is 12.0. The zero-order valence-electron chi connectivity index (χ0n) is 10.2. The van der Waals surface area contributed by atoms with Crippen LogP contribution in [0.15, 0.2) is 0 Å². The van der Waals surface area contributed by atoms with Gasteiger partial charge in [0.2, 0.25) is 0 Å². The molecule has 0 radical (unpaired) electrons. The van der Waals surface area contributed by atoms with Crippen LogP contribution in [0.2, 0.25) is 0 Å². The van der Waals surface area contributed by atoms with Crippen molar-refractivity contribution in [2.45, 2.75) is 64.8 Å². The summed E-state index contributed by atoms with van der Waals surface area (Å²) in [4.78, 5) is 0. The monoisotopic (exact) mass is 200 g/mol. The fourth-order valence-electron chi connectivity index (χ4n) is 1.57. The molecule has 0 bridgehead atoms. The van der Waals surface area contributed by atoms with Crippen LogP contribution >= 0.6 is 0 Å². The van der Waals surface area contributed by atoms with Gasteiger partial charge >= 0.3 is 0 Å². The second-order valence-corrected chi connectivity index (χ2v) is 4.28. The highest BCUT2D eigenvalue weighted by atomic mass is 14.9. The molecule has 0 spiro atoms. The van der Waals surface area contributed by atoms with Crippen molar-refractivity contribution < 1.29 is 0 Å².